The molecule has 14 heavy (non-hydrogen) atoms. The van der Waals surface area contributed by atoms with Gasteiger partial charge in [-0.2, -0.15) is 0 Å². The zero-order chi connectivity index (χ0) is 10.7. The summed E-state index contributed by atoms with van der Waals surface area (Å²) < 4.78 is 5.22. The van der Waals surface area contributed by atoms with Crippen molar-refractivity contribution < 1.29 is 14.3 Å². The fraction of sp³-hybridized carbons (Fsp3) is 0.500. The highest BCUT2D eigenvalue weighted by Gasteiger charge is 2.12. The molecule has 0 spiro atoms. The van der Waals surface area contributed by atoms with Gasteiger partial charge in [-0.15, -0.1) is 0 Å². The maximum absolute atomic E-state index is 10.3. The summed E-state index contributed by atoms with van der Waals surface area (Å²) in [6.07, 6.45) is 1.51. The lowest BCUT2D eigenvalue weighted by Crippen LogP contribution is -1.96. The molecular formula is C10H13ClO3. The molecule has 0 aliphatic carbocycles. The number of furan rings is 1. The van der Waals surface area contributed by atoms with Gasteiger partial charge in [0.2, 0.25) is 0 Å². The third-order valence-electron chi connectivity index (χ3n) is 2.23. The topological polar surface area (TPSA) is 50.4 Å². The number of halogens is 1. The number of rotatable bonds is 4. The van der Waals surface area contributed by atoms with E-state index in [4.69, 9.17) is 21.1 Å². The van der Waals surface area contributed by atoms with Crippen LogP contribution in [-0.2, 0) is 11.2 Å². The first kappa shape index (κ1) is 11.1. The van der Waals surface area contributed by atoms with E-state index < -0.39 is 5.97 Å². The van der Waals surface area contributed by atoms with Crippen LogP contribution in [0.25, 0.3) is 0 Å². The summed E-state index contributed by atoms with van der Waals surface area (Å²) in [7, 11) is 0. The molecule has 1 heterocycles. The van der Waals surface area contributed by atoms with Crippen LogP contribution < -0.4 is 0 Å². The number of aryl methyl sites for hydroxylation is 1. The van der Waals surface area contributed by atoms with Crippen LogP contribution in [0.1, 0.15) is 29.7 Å². The van der Waals surface area contributed by atoms with Gasteiger partial charge in [-0.25, -0.2) is 0 Å². The first-order valence-corrected chi connectivity index (χ1v) is 4.86. The molecule has 0 aliphatic rings. The van der Waals surface area contributed by atoms with Gasteiger partial charge >= 0.3 is 5.97 Å². The summed E-state index contributed by atoms with van der Waals surface area (Å²) in [6.45, 7) is 3.73. The summed E-state index contributed by atoms with van der Waals surface area (Å²) in [5.74, 6) is 0.0211. The highest BCUT2D eigenvalue weighted by atomic mass is 35.5. The van der Waals surface area contributed by atoms with Crippen molar-refractivity contribution in [2.75, 3.05) is 0 Å². The summed E-state index contributed by atoms with van der Waals surface area (Å²) in [6, 6.07) is 0. The maximum Gasteiger partial charge on any atom is 0.303 e. The van der Waals surface area contributed by atoms with E-state index in [-0.39, 0.29) is 6.42 Å². The molecule has 0 radical (unpaired) electrons. The largest absolute Gasteiger partial charge is 0.481 e. The monoisotopic (exact) mass is 216 g/mol. The summed E-state index contributed by atoms with van der Waals surface area (Å²) >= 11 is 5.79. The van der Waals surface area contributed by atoms with E-state index in [2.05, 4.69) is 0 Å². The molecule has 3 nitrogen and oxygen atoms in total. The van der Waals surface area contributed by atoms with Crippen LogP contribution in [0, 0.1) is 13.8 Å². The predicted molar refractivity (Wildman–Crippen MR) is 53.8 cm³/mol. The Labute approximate surface area is 87.7 Å². The molecule has 0 bridgehead atoms. The predicted octanol–water partition coefficient (Wildman–Crippen LogP) is 2.96. The van der Waals surface area contributed by atoms with Crippen LogP contribution in [0.2, 0.25) is 5.22 Å². The number of hydrogen-bond donors (Lipinski definition) is 1. The van der Waals surface area contributed by atoms with Crippen molar-refractivity contribution in [2.24, 2.45) is 0 Å². The molecule has 0 amide bonds. The van der Waals surface area contributed by atoms with E-state index in [1.165, 1.54) is 0 Å². The van der Waals surface area contributed by atoms with Gasteiger partial charge in [-0.1, -0.05) is 0 Å². The van der Waals surface area contributed by atoms with E-state index in [1.54, 1.807) is 0 Å². The molecule has 0 unspecified atom stereocenters. The lowest BCUT2D eigenvalue weighted by Gasteiger charge is -1.98. The summed E-state index contributed by atoms with van der Waals surface area (Å²) in [4.78, 5) is 10.3. The molecule has 1 aromatic heterocycles. The first-order chi connectivity index (χ1) is 6.52. The van der Waals surface area contributed by atoms with Gasteiger partial charge in [0.05, 0.1) is 0 Å². The molecule has 1 aromatic rings. The molecule has 0 fully saturated rings. The van der Waals surface area contributed by atoms with Crippen molar-refractivity contribution in [2.45, 2.75) is 33.1 Å². The van der Waals surface area contributed by atoms with Gasteiger partial charge in [-0.05, 0) is 43.9 Å². The maximum atomic E-state index is 10.3. The first-order valence-electron chi connectivity index (χ1n) is 4.48. The molecule has 1 rings (SSSR count). The van der Waals surface area contributed by atoms with Gasteiger partial charge in [0.25, 0.3) is 0 Å². The summed E-state index contributed by atoms with van der Waals surface area (Å²) in [5, 5.41) is 8.90. The van der Waals surface area contributed by atoms with Gasteiger partial charge in [0, 0.05) is 12.0 Å². The number of carboxylic acids is 1. The van der Waals surface area contributed by atoms with Crippen molar-refractivity contribution in [3.05, 3.63) is 22.1 Å². The highest BCUT2D eigenvalue weighted by molar-refractivity contribution is 6.29. The Hall–Kier alpha value is -0.960. The van der Waals surface area contributed by atoms with Crippen LogP contribution >= 0.6 is 11.6 Å². The standard InChI is InChI=1S/C10H13ClO3/c1-6-8(4-3-5-9(12)13)7(2)14-10(6)11/h3-5H2,1-2H3,(H,12,13). The van der Waals surface area contributed by atoms with E-state index in [1.807, 2.05) is 13.8 Å². The zero-order valence-corrected chi connectivity index (χ0v) is 9.02. The van der Waals surface area contributed by atoms with Gasteiger partial charge in [-0.3, -0.25) is 4.79 Å². The lowest BCUT2D eigenvalue weighted by atomic mass is 10.1. The molecule has 0 atom stereocenters. The molecule has 0 saturated heterocycles. The van der Waals surface area contributed by atoms with Crippen LogP contribution in [0.4, 0.5) is 0 Å². The molecule has 4 heteroatoms. The van der Waals surface area contributed by atoms with Crippen molar-refractivity contribution in [1.82, 2.24) is 0 Å². The zero-order valence-electron chi connectivity index (χ0n) is 8.26. The molecule has 1 N–H and O–H groups in total. The lowest BCUT2D eigenvalue weighted by molar-refractivity contribution is -0.137. The van der Waals surface area contributed by atoms with Gasteiger partial charge in [0.1, 0.15) is 5.76 Å². The van der Waals surface area contributed by atoms with E-state index in [0.29, 0.717) is 18.1 Å². The van der Waals surface area contributed by atoms with Gasteiger partial charge < -0.3 is 9.52 Å². The number of carboxylic acid groups (broad SMARTS) is 1. The van der Waals surface area contributed by atoms with Gasteiger partial charge in [0.15, 0.2) is 5.22 Å². The fourth-order valence-electron chi connectivity index (χ4n) is 1.44. The van der Waals surface area contributed by atoms with Crippen molar-refractivity contribution in [1.29, 1.82) is 0 Å². The van der Waals surface area contributed by atoms with Crippen LogP contribution in [0.15, 0.2) is 4.42 Å². The van der Waals surface area contributed by atoms with Crippen molar-refractivity contribution in [3.8, 4) is 0 Å². The minimum Gasteiger partial charge on any atom is -0.481 e. The smallest absolute Gasteiger partial charge is 0.303 e. The Morgan fingerprint density at radius 2 is 2.14 bits per heavy atom. The van der Waals surface area contributed by atoms with E-state index in [9.17, 15) is 4.79 Å². The van der Waals surface area contributed by atoms with Crippen molar-refractivity contribution >= 4 is 17.6 Å². The molecule has 0 saturated carbocycles. The Balaban J connectivity index is 2.62. The molecule has 78 valence electrons. The second kappa shape index (κ2) is 4.51. The van der Waals surface area contributed by atoms with Crippen LogP contribution in [0.5, 0.6) is 0 Å². The second-order valence-electron chi connectivity index (χ2n) is 3.28. The normalized spacial score (nSPS) is 10.5. The molecule has 0 aliphatic heterocycles. The minimum atomic E-state index is -0.769. The fourth-order valence-corrected chi connectivity index (χ4v) is 1.66. The average molecular weight is 217 g/mol. The van der Waals surface area contributed by atoms with Crippen molar-refractivity contribution in [3.63, 3.8) is 0 Å². The Morgan fingerprint density at radius 3 is 2.57 bits per heavy atom. The minimum absolute atomic E-state index is 0.182. The van der Waals surface area contributed by atoms with E-state index in [0.717, 1.165) is 16.9 Å². The highest BCUT2D eigenvalue weighted by Crippen LogP contribution is 2.26. The average Bonchev–Trinajstić information content (AvgIpc) is 2.31. The Kier molecular flexibility index (Phi) is 3.58. The third-order valence-corrected chi connectivity index (χ3v) is 2.59. The Bertz CT molecular complexity index is 341. The van der Waals surface area contributed by atoms with E-state index >= 15 is 0 Å². The van der Waals surface area contributed by atoms with Crippen LogP contribution in [-0.4, -0.2) is 11.1 Å². The number of aliphatic carboxylic acids is 1. The SMILES string of the molecule is Cc1oc(Cl)c(C)c1CCCC(=O)O. The quantitative estimate of drug-likeness (QED) is 0.842. The second-order valence-corrected chi connectivity index (χ2v) is 3.63. The molecule has 0 aromatic carbocycles. The number of carbonyl (C=O) groups is 1. The Morgan fingerprint density at radius 1 is 1.50 bits per heavy atom. The van der Waals surface area contributed by atoms with Crippen LogP contribution in [0.3, 0.4) is 0 Å². The number of hydrogen-bond acceptors (Lipinski definition) is 2. The summed E-state index contributed by atoms with van der Waals surface area (Å²) in [5.41, 5.74) is 1.96. The molecular weight excluding hydrogens is 204 g/mol. The third kappa shape index (κ3) is 2.51.